The molecule has 0 spiro atoms. The van der Waals surface area contributed by atoms with Gasteiger partial charge in [-0.2, -0.15) is 4.98 Å². The van der Waals surface area contributed by atoms with Crippen molar-refractivity contribution in [1.82, 2.24) is 24.7 Å². The minimum atomic E-state index is -0.408. The Kier molecular flexibility index (Phi) is 7.69. The Morgan fingerprint density at radius 3 is 2.56 bits per heavy atom. The fraction of sp³-hybridized carbons (Fsp3) is 0.593. The molecular formula is C27H39N7O2. The fourth-order valence-electron chi connectivity index (χ4n) is 5.39. The summed E-state index contributed by atoms with van der Waals surface area (Å²) in [5, 5.41) is 5.97. The lowest BCUT2D eigenvalue weighted by atomic mass is 9.90. The van der Waals surface area contributed by atoms with E-state index >= 15 is 0 Å². The lowest BCUT2D eigenvalue weighted by Gasteiger charge is -2.36. The van der Waals surface area contributed by atoms with E-state index in [-0.39, 0.29) is 11.8 Å². The van der Waals surface area contributed by atoms with Crippen molar-refractivity contribution in [2.75, 3.05) is 38.0 Å². The van der Waals surface area contributed by atoms with Crippen molar-refractivity contribution in [1.29, 1.82) is 0 Å². The van der Waals surface area contributed by atoms with Gasteiger partial charge in [0.05, 0.1) is 5.69 Å². The van der Waals surface area contributed by atoms with Crippen molar-refractivity contribution in [2.45, 2.75) is 64.1 Å². The summed E-state index contributed by atoms with van der Waals surface area (Å²) in [5.74, 6) is 1.12. The molecule has 9 heteroatoms. The highest BCUT2D eigenvalue weighted by Gasteiger charge is 2.30. The highest BCUT2D eigenvalue weighted by atomic mass is 16.2. The van der Waals surface area contributed by atoms with Crippen LogP contribution in [-0.2, 0) is 6.54 Å². The number of benzene rings is 1. The maximum Gasteiger partial charge on any atom is 0.354 e. The molecule has 2 aromatic rings. The average molecular weight is 494 g/mol. The molecule has 1 aromatic heterocycles. The van der Waals surface area contributed by atoms with E-state index in [0.717, 1.165) is 44.1 Å². The maximum absolute atomic E-state index is 12.8. The third kappa shape index (κ3) is 6.14. The zero-order chi connectivity index (χ0) is 25.1. The van der Waals surface area contributed by atoms with Crippen LogP contribution in [0.3, 0.4) is 0 Å². The molecule has 2 aliphatic carbocycles. The Morgan fingerprint density at radius 1 is 1.14 bits per heavy atom. The molecule has 3 fully saturated rings. The minimum Gasteiger partial charge on any atom is -0.328 e. The average Bonchev–Trinajstić information content (AvgIpc) is 3.70. The number of piperazine rings is 1. The van der Waals surface area contributed by atoms with Gasteiger partial charge in [-0.05, 0) is 80.7 Å². The molecule has 5 rings (SSSR count). The molecule has 36 heavy (non-hydrogen) atoms. The third-order valence-electron chi connectivity index (χ3n) is 7.87. The number of anilines is 1. The number of hydrogen-bond acceptors (Lipinski definition) is 6. The van der Waals surface area contributed by atoms with Crippen molar-refractivity contribution in [2.24, 2.45) is 11.7 Å². The molecule has 0 bridgehead atoms. The minimum absolute atomic E-state index is 0.225. The summed E-state index contributed by atoms with van der Waals surface area (Å²) in [6.07, 6.45) is 8.98. The smallest absolute Gasteiger partial charge is 0.328 e. The Labute approximate surface area is 213 Å². The van der Waals surface area contributed by atoms with Crippen molar-refractivity contribution in [3.63, 3.8) is 0 Å². The van der Waals surface area contributed by atoms with E-state index in [1.165, 1.54) is 47.9 Å². The molecule has 2 amide bonds. The molecule has 0 unspecified atom stereocenters. The second-order valence-electron chi connectivity index (χ2n) is 10.7. The van der Waals surface area contributed by atoms with Gasteiger partial charge in [0.15, 0.2) is 0 Å². The van der Waals surface area contributed by atoms with Gasteiger partial charge in [0.2, 0.25) is 0 Å². The Morgan fingerprint density at radius 2 is 1.89 bits per heavy atom. The van der Waals surface area contributed by atoms with E-state index in [1.54, 1.807) is 17.2 Å². The summed E-state index contributed by atoms with van der Waals surface area (Å²) < 4.78 is 1.53. The first-order valence-electron chi connectivity index (χ1n) is 13.4. The van der Waals surface area contributed by atoms with Crippen molar-refractivity contribution in [3.05, 3.63) is 52.1 Å². The van der Waals surface area contributed by atoms with Crippen molar-refractivity contribution >= 4 is 11.8 Å². The number of nitrogens with one attached hydrogen (secondary N) is 2. The molecule has 194 valence electrons. The zero-order valence-electron chi connectivity index (χ0n) is 21.3. The predicted octanol–water partition coefficient (Wildman–Crippen LogP) is 2.46. The van der Waals surface area contributed by atoms with E-state index in [4.69, 9.17) is 5.73 Å². The van der Waals surface area contributed by atoms with Gasteiger partial charge in [-0.25, -0.2) is 9.59 Å². The lowest BCUT2D eigenvalue weighted by molar-refractivity contribution is 0.135. The van der Waals surface area contributed by atoms with Crippen LogP contribution in [0.1, 0.15) is 49.7 Å². The quantitative estimate of drug-likeness (QED) is 0.547. The van der Waals surface area contributed by atoms with E-state index in [1.807, 2.05) is 6.07 Å². The summed E-state index contributed by atoms with van der Waals surface area (Å²) >= 11 is 0. The standard InChI is InChI=1S/C27H39N7O2/c1-19-16-24(34-13-10-25(31-27(34)36)30-26(35)32-14-11-29-12-15-32)7-4-21(19)18-33(17-20-2-3-20)23-8-5-22(28)6-9-23/h4,7,10,13,16,20,22-23,29H,2-3,5-6,8-9,11-12,14-15,17-18,28H2,1H3,(H,30,31,35,36). The number of aromatic nitrogens is 2. The number of rotatable bonds is 7. The lowest BCUT2D eigenvalue weighted by Crippen LogP contribution is -2.48. The van der Waals surface area contributed by atoms with Crippen molar-refractivity contribution in [3.8, 4) is 5.69 Å². The van der Waals surface area contributed by atoms with Gasteiger partial charge in [0.25, 0.3) is 0 Å². The normalized spacial score (nSPS) is 22.6. The summed E-state index contributed by atoms with van der Waals surface area (Å²) in [6.45, 7) is 7.04. The van der Waals surface area contributed by atoms with Crippen LogP contribution < -0.4 is 22.1 Å². The molecule has 1 aromatic carbocycles. The number of nitrogens with two attached hydrogens (primary N) is 1. The Balaban J connectivity index is 1.27. The molecular weight excluding hydrogens is 454 g/mol. The van der Waals surface area contributed by atoms with Gasteiger partial charge < -0.3 is 16.0 Å². The summed E-state index contributed by atoms with van der Waals surface area (Å²) in [6, 6.07) is 8.62. The zero-order valence-corrected chi connectivity index (χ0v) is 21.3. The SMILES string of the molecule is Cc1cc(-n2ccc(NC(=O)N3CCNCC3)nc2=O)ccc1CN(CC1CC1)C1CCC(N)CC1. The maximum atomic E-state index is 12.8. The van der Waals surface area contributed by atoms with Gasteiger partial charge in [-0.3, -0.25) is 14.8 Å². The van der Waals surface area contributed by atoms with Crippen LogP contribution in [0, 0.1) is 12.8 Å². The Bertz CT molecular complexity index is 1120. The van der Waals surface area contributed by atoms with Crippen LogP contribution in [0.15, 0.2) is 35.3 Å². The van der Waals surface area contributed by atoms with Gasteiger partial charge in [0, 0.05) is 57.5 Å². The number of nitrogens with zero attached hydrogens (tertiary/aromatic N) is 4. The number of urea groups is 1. The summed E-state index contributed by atoms with van der Waals surface area (Å²) in [4.78, 5) is 33.7. The van der Waals surface area contributed by atoms with Crippen LogP contribution in [0.25, 0.3) is 5.69 Å². The number of carbonyl (C=O) groups excluding carboxylic acids is 1. The molecule has 0 atom stereocenters. The molecule has 1 saturated heterocycles. The van der Waals surface area contributed by atoms with E-state index in [2.05, 4.69) is 39.6 Å². The number of amides is 2. The summed E-state index contributed by atoms with van der Waals surface area (Å²) in [7, 11) is 0. The number of hydrogen-bond donors (Lipinski definition) is 3. The monoisotopic (exact) mass is 493 g/mol. The topological polar surface area (TPSA) is 109 Å². The summed E-state index contributed by atoms with van der Waals surface area (Å²) in [5.41, 5.74) is 9.01. The first kappa shape index (κ1) is 24.9. The second-order valence-corrected chi connectivity index (χ2v) is 10.7. The van der Waals surface area contributed by atoms with Gasteiger partial charge in [-0.1, -0.05) is 6.07 Å². The number of aryl methyl sites for hydroxylation is 1. The molecule has 0 radical (unpaired) electrons. The first-order valence-corrected chi connectivity index (χ1v) is 13.4. The van der Waals surface area contributed by atoms with E-state index < -0.39 is 5.69 Å². The molecule has 2 saturated carbocycles. The van der Waals surface area contributed by atoms with Crippen molar-refractivity contribution < 1.29 is 4.79 Å². The van der Waals surface area contributed by atoms with E-state index in [9.17, 15) is 9.59 Å². The largest absolute Gasteiger partial charge is 0.354 e. The molecule has 4 N–H and O–H groups in total. The predicted molar refractivity (Wildman–Crippen MR) is 141 cm³/mol. The molecule has 1 aliphatic heterocycles. The van der Waals surface area contributed by atoms with Gasteiger partial charge in [0.1, 0.15) is 5.82 Å². The van der Waals surface area contributed by atoms with Crippen LogP contribution in [0.4, 0.5) is 10.6 Å². The van der Waals surface area contributed by atoms with Gasteiger partial charge >= 0.3 is 11.7 Å². The number of carbonyl (C=O) groups is 1. The molecule has 3 aliphatic rings. The highest BCUT2D eigenvalue weighted by Crippen LogP contribution is 2.33. The third-order valence-corrected chi connectivity index (χ3v) is 7.87. The highest BCUT2D eigenvalue weighted by molar-refractivity contribution is 5.88. The van der Waals surface area contributed by atoms with Gasteiger partial charge in [-0.15, -0.1) is 0 Å². The van der Waals surface area contributed by atoms with Crippen LogP contribution >= 0.6 is 0 Å². The molecule has 9 nitrogen and oxygen atoms in total. The fourth-order valence-corrected chi connectivity index (χ4v) is 5.39. The second kappa shape index (κ2) is 11.1. The Hall–Kier alpha value is -2.75. The van der Waals surface area contributed by atoms with Crippen LogP contribution in [0.2, 0.25) is 0 Å². The van der Waals surface area contributed by atoms with Crippen LogP contribution in [0.5, 0.6) is 0 Å². The van der Waals surface area contributed by atoms with Crippen LogP contribution in [-0.4, -0.2) is 70.2 Å². The molecule has 2 heterocycles. The first-order chi connectivity index (χ1) is 17.5. The van der Waals surface area contributed by atoms with E-state index in [0.29, 0.717) is 25.2 Å².